The van der Waals surface area contributed by atoms with E-state index in [9.17, 15) is 0 Å². The Morgan fingerprint density at radius 3 is 2.70 bits per heavy atom. The van der Waals surface area contributed by atoms with E-state index in [1.807, 2.05) is 33.2 Å². The number of hydrogen-bond donors (Lipinski definition) is 1. The Kier molecular flexibility index (Phi) is 4.49. The van der Waals surface area contributed by atoms with Gasteiger partial charge in [-0.3, -0.25) is 4.68 Å². The van der Waals surface area contributed by atoms with Gasteiger partial charge in [-0.2, -0.15) is 20.1 Å². The molecule has 108 valence electrons. The summed E-state index contributed by atoms with van der Waals surface area (Å²) in [5.74, 6) is 1.02. The first kappa shape index (κ1) is 14.2. The molecule has 0 aliphatic heterocycles. The second-order valence-corrected chi connectivity index (χ2v) is 4.73. The highest BCUT2D eigenvalue weighted by atomic mass is 16.5. The van der Waals surface area contributed by atoms with E-state index in [2.05, 4.69) is 32.3 Å². The number of aromatic nitrogens is 5. The van der Waals surface area contributed by atoms with Gasteiger partial charge in [0.1, 0.15) is 5.69 Å². The molecule has 0 spiro atoms. The van der Waals surface area contributed by atoms with Gasteiger partial charge >= 0.3 is 6.01 Å². The van der Waals surface area contributed by atoms with Gasteiger partial charge in [0.15, 0.2) is 5.82 Å². The number of aryl methyl sites for hydroxylation is 1. The maximum Gasteiger partial charge on any atom is 0.322 e. The third-order valence-electron chi connectivity index (χ3n) is 2.43. The SMILES string of the molecule is CCCNc1nc(OC(C)C)nc(-c2ccn(C)n2)n1. The van der Waals surface area contributed by atoms with E-state index in [-0.39, 0.29) is 6.10 Å². The molecule has 0 aliphatic rings. The monoisotopic (exact) mass is 276 g/mol. The largest absolute Gasteiger partial charge is 0.461 e. The molecule has 7 heteroatoms. The fourth-order valence-corrected chi connectivity index (χ4v) is 1.58. The first-order chi connectivity index (χ1) is 9.58. The molecule has 2 heterocycles. The van der Waals surface area contributed by atoms with E-state index in [0.29, 0.717) is 23.5 Å². The van der Waals surface area contributed by atoms with Gasteiger partial charge in [0.25, 0.3) is 0 Å². The second-order valence-electron chi connectivity index (χ2n) is 4.73. The van der Waals surface area contributed by atoms with Crippen molar-refractivity contribution in [2.24, 2.45) is 7.05 Å². The summed E-state index contributed by atoms with van der Waals surface area (Å²) < 4.78 is 7.28. The molecule has 0 bridgehead atoms. The standard InChI is InChI=1S/C13H20N6O/c1-5-7-14-12-15-11(10-6-8-19(4)18-10)16-13(17-12)20-9(2)3/h6,8-9H,5,7H2,1-4H3,(H,14,15,16,17). The molecular formula is C13H20N6O. The van der Waals surface area contributed by atoms with E-state index < -0.39 is 0 Å². The lowest BCUT2D eigenvalue weighted by molar-refractivity contribution is 0.222. The molecular weight excluding hydrogens is 256 g/mol. The van der Waals surface area contributed by atoms with Crippen LogP contribution in [0.4, 0.5) is 5.95 Å². The molecule has 0 fully saturated rings. The summed E-state index contributed by atoms with van der Waals surface area (Å²) in [6, 6.07) is 2.17. The maximum absolute atomic E-state index is 5.57. The van der Waals surface area contributed by atoms with Gasteiger partial charge in [-0.1, -0.05) is 6.92 Å². The molecule has 0 amide bonds. The highest BCUT2D eigenvalue weighted by Crippen LogP contribution is 2.17. The third kappa shape index (κ3) is 3.66. The number of hydrogen-bond acceptors (Lipinski definition) is 6. The van der Waals surface area contributed by atoms with Crippen molar-refractivity contribution in [1.82, 2.24) is 24.7 Å². The Morgan fingerprint density at radius 1 is 1.30 bits per heavy atom. The zero-order valence-electron chi connectivity index (χ0n) is 12.3. The van der Waals surface area contributed by atoms with Crippen molar-refractivity contribution in [1.29, 1.82) is 0 Å². The number of anilines is 1. The van der Waals surface area contributed by atoms with Gasteiger partial charge in [0.05, 0.1) is 6.10 Å². The molecule has 0 aliphatic carbocycles. The minimum Gasteiger partial charge on any atom is -0.461 e. The van der Waals surface area contributed by atoms with E-state index in [1.54, 1.807) is 4.68 Å². The predicted octanol–water partition coefficient (Wildman–Crippen LogP) is 1.88. The Morgan fingerprint density at radius 2 is 2.10 bits per heavy atom. The van der Waals surface area contributed by atoms with Crippen molar-refractivity contribution in [3.05, 3.63) is 12.3 Å². The van der Waals surface area contributed by atoms with Gasteiger partial charge in [0.2, 0.25) is 5.95 Å². The van der Waals surface area contributed by atoms with Gasteiger partial charge in [-0.25, -0.2) is 0 Å². The molecule has 20 heavy (non-hydrogen) atoms. The highest BCUT2D eigenvalue weighted by Gasteiger charge is 2.12. The second kappa shape index (κ2) is 6.31. The number of nitrogens with one attached hydrogen (secondary N) is 1. The highest BCUT2D eigenvalue weighted by molar-refractivity contribution is 5.50. The van der Waals surface area contributed by atoms with Crippen LogP contribution in [-0.2, 0) is 7.05 Å². The summed E-state index contributed by atoms with van der Waals surface area (Å²) in [5.41, 5.74) is 0.697. The van der Waals surface area contributed by atoms with Crippen LogP contribution in [0.3, 0.4) is 0 Å². The fraction of sp³-hybridized carbons (Fsp3) is 0.538. The quantitative estimate of drug-likeness (QED) is 0.868. The zero-order valence-corrected chi connectivity index (χ0v) is 12.3. The van der Waals surface area contributed by atoms with E-state index in [1.165, 1.54) is 0 Å². The Bertz CT molecular complexity index is 566. The summed E-state index contributed by atoms with van der Waals surface area (Å²) in [7, 11) is 1.85. The third-order valence-corrected chi connectivity index (χ3v) is 2.43. The number of ether oxygens (including phenoxy) is 1. The van der Waals surface area contributed by atoms with Crippen molar-refractivity contribution >= 4 is 5.95 Å². The van der Waals surface area contributed by atoms with Crippen molar-refractivity contribution in [2.45, 2.75) is 33.3 Å². The average Bonchev–Trinajstić information content (AvgIpc) is 2.82. The van der Waals surface area contributed by atoms with Crippen LogP contribution >= 0.6 is 0 Å². The molecule has 0 atom stereocenters. The number of nitrogens with zero attached hydrogens (tertiary/aromatic N) is 5. The molecule has 7 nitrogen and oxygen atoms in total. The fourth-order valence-electron chi connectivity index (χ4n) is 1.58. The lowest BCUT2D eigenvalue weighted by atomic mass is 10.4. The first-order valence-electron chi connectivity index (χ1n) is 6.75. The van der Waals surface area contributed by atoms with Crippen molar-refractivity contribution in [2.75, 3.05) is 11.9 Å². The van der Waals surface area contributed by atoms with Crippen LogP contribution < -0.4 is 10.1 Å². The zero-order chi connectivity index (χ0) is 14.5. The van der Waals surface area contributed by atoms with Gasteiger partial charge in [-0.05, 0) is 26.3 Å². The summed E-state index contributed by atoms with van der Waals surface area (Å²) in [6.45, 7) is 6.75. The molecule has 2 rings (SSSR count). The van der Waals surface area contributed by atoms with E-state index >= 15 is 0 Å². The molecule has 2 aromatic heterocycles. The number of rotatable bonds is 6. The van der Waals surface area contributed by atoms with Crippen LogP contribution in [0.2, 0.25) is 0 Å². The first-order valence-corrected chi connectivity index (χ1v) is 6.75. The molecule has 0 saturated heterocycles. The molecule has 1 N–H and O–H groups in total. The lowest BCUT2D eigenvalue weighted by Crippen LogP contribution is -2.12. The van der Waals surface area contributed by atoms with E-state index in [4.69, 9.17) is 4.74 Å². The summed E-state index contributed by atoms with van der Waals surface area (Å²) in [6.07, 6.45) is 2.85. The van der Waals surface area contributed by atoms with Crippen LogP contribution in [0, 0.1) is 0 Å². The van der Waals surface area contributed by atoms with Crippen LogP contribution in [0.5, 0.6) is 6.01 Å². The summed E-state index contributed by atoms with van der Waals surface area (Å²) in [4.78, 5) is 12.9. The van der Waals surface area contributed by atoms with Crippen LogP contribution in [0.15, 0.2) is 12.3 Å². The maximum atomic E-state index is 5.57. The molecule has 2 aromatic rings. The Labute approximate surface area is 118 Å². The molecule has 0 radical (unpaired) electrons. The van der Waals surface area contributed by atoms with Crippen molar-refractivity contribution in [3.8, 4) is 17.5 Å². The minimum absolute atomic E-state index is 0.00741. The smallest absolute Gasteiger partial charge is 0.322 e. The van der Waals surface area contributed by atoms with Crippen molar-refractivity contribution in [3.63, 3.8) is 0 Å². The average molecular weight is 276 g/mol. The molecule has 0 aromatic carbocycles. The van der Waals surface area contributed by atoms with Gasteiger partial charge < -0.3 is 10.1 Å². The Balaban J connectivity index is 2.34. The summed E-state index contributed by atoms with van der Waals surface area (Å²) >= 11 is 0. The normalized spacial score (nSPS) is 10.8. The molecule has 0 saturated carbocycles. The van der Waals surface area contributed by atoms with Crippen molar-refractivity contribution < 1.29 is 4.74 Å². The van der Waals surface area contributed by atoms with Crippen LogP contribution in [-0.4, -0.2) is 37.4 Å². The van der Waals surface area contributed by atoms with Crippen LogP contribution in [0.1, 0.15) is 27.2 Å². The van der Waals surface area contributed by atoms with E-state index in [0.717, 1.165) is 13.0 Å². The predicted molar refractivity (Wildman–Crippen MR) is 76.6 cm³/mol. The van der Waals surface area contributed by atoms with Crippen LogP contribution in [0.25, 0.3) is 11.5 Å². The van der Waals surface area contributed by atoms with Gasteiger partial charge in [-0.15, -0.1) is 0 Å². The lowest BCUT2D eigenvalue weighted by Gasteiger charge is -2.10. The Hall–Kier alpha value is -2.18. The topological polar surface area (TPSA) is 77.8 Å². The minimum atomic E-state index is 0.00741. The van der Waals surface area contributed by atoms with Gasteiger partial charge in [0, 0.05) is 19.8 Å². The summed E-state index contributed by atoms with van der Waals surface area (Å²) in [5, 5.41) is 7.45. The molecule has 0 unspecified atom stereocenters.